The molecule has 7 rings (SSSR count). The molecule has 0 atom stereocenters. The average molecular weight is 490 g/mol. The van der Waals surface area contributed by atoms with Crippen LogP contribution in [0, 0.1) is 6.92 Å². The molecule has 140 valence electrons. The van der Waals surface area contributed by atoms with Crippen LogP contribution in [0.4, 0.5) is 0 Å². The highest BCUT2D eigenvalue weighted by molar-refractivity contribution is 14.1. The van der Waals surface area contributed by atoms with Crippen LogP contribution in [0.25, 0.3) is 55.7 Å². The maximum atomic E-state index is 4.89. The monoisotopic (exact) mass is 490 g/mol. The van der Waals surface area contributed by atoms with Gasteiger partial charge in [-0.05, 0) is 37.3 Å². The van der Waals surface area contributed by atoms with Crippen LogP contribution in [0.1, 0.15) is 5.56 Å². The van der Waals surface area contributed by atoms with E-state index in [-0.39, 0.29) is 0 Å². The molecule has 0 fully saturated rings. The number of hydrogen-bond acceptors (Lipinski definition) is 2. The van der Waals surface area contributed by atoms with Crippen LogP contribution in [0.15, 0.2) is 54.6 Å². The second kappa shape index (κ2) is 5.10. The minimum absolute atomic E-state index is 0.951. The van der Waals surface area contributed by atoms with Crippen molar-refractivity contribution in [2.45, 2.75) is 6.92 Å². The topological polar surface area (TPSA) is 44.5 Å². The van der Waals surface area contributed by atoms with Crippen molar-refractivity contribution in [3.8, 4) is 0 Å². The van der Waals surface area contributed by atoms with E-state index < -0.39 is 0 Å². The zero-order chi connectivity index (χ0) is 19.4. The summed E-state index contributed by atoms with van der Waals surface area (Å²) in [5.41, 5.74) is 10.3. The van der Waals surface area contributed by atoms with Gasteiger partial charge in [-0.25, -0.2) is 12.7 Å². The molecule has 0 saturated heterocycles. The highest BCUT2D eigenvalue weighted by Crippen LogP contribution is 2.36. The van der Waals surface area contributed by atoms with Crippen LogP contribution in [0.5, 0.6) is 0 Å². The Labute approximate surface area is 178 Å². The lowest BCUT2D eigenvalue weighted by Crippen LogP contribution is -1.93. The van der Waals surface area contributed by atoms with E-state index in [1.807, 2.05) is 12.1 Å². The van der Waals surface area contributed by atoms with Crippen molar-refractivity contribution in [2.24, 2.45) is 7.05 Å². The predicted octanol–water partition coefficient (Wildman–Crippen LogP) is 5.24. The summed E-state index contributed by atoms with van der Waals surface area (Å²) >= 11 is 2.37. The molecule has 3 aromatic carbocycles. The van der Waals surface area contributed by atoms with Gasteiger partial charge in [0.2, 0.25) is 11.6 Å². The summed E-state index contributed by atoms with van der Waals surface area (Å²) in [5, 5.41) is 0. The van der Waals surface area contributed by atoms with Gasteiger partial charge >= 0.3 is 0 Å². The first-order valence-corrected chi connectivity index (χ1v) is 10.4. The normalized spacial score (nSPS) is 12.7. The lowest BCUT2D eigenvalue weighted by atomic mass is 10.1. The molecule has 0 aliphatic carbocycles. The molecule has 0 radical (unpaired) electrons. The number of benzene rings is 3. The standard InChI is InChI=1S/C22H15IN6/c1-12-19-17(27-15-9-5-3-7-13(15)24-21(27)26(19)2)11-18-20(12)29(23)22-25-14-8-4-6-10-16(14)28(18)22/h3-11H,1-2H3. The maximum Gasteiger partial charge on any atom is 0.225 e. The molecule has 0 aliphatic rings. The molecule has 7 heteroatoms. The third kappa shape index (κ3) is 1.73. The molecule has 4 aromatic heterocycles. The number of rotatable bonds is 0. The van der Waals surface area contributed by atoms with Crippen molar-refractivity contribution in [1.29, 1.82) is 0 Å². The van der Waals surface area contributed by atoms with E-state index in [9.17, 15) is 0 Å². The van der Waals surface area contributed by atoms with Crippen LogP contribution in [-0.4, -0.2) is 26.1 Å². The smallest absolute Gasteiger partial charge is 0.225 e. The zero-order valence-electron chi connectivity index (χ0n) is 15.8. The predicted molar refractivity (Wildman–Crippen MR) is 125 cm³/mol. The summed E-state index contributed by atoms with van der Waals surface area (Å²) in [5.74, 6) is 1.91. The van der Waals surface area contributed by atoms with E-state index in [0.29, 0.717) is 0 Å². The number of imidazole rings is 4. The number of para-hydroxylation sites is 4. The van der Waals surface area contributed by atoms with Crippen LogP contribution >= 0.6 is 22.9 Å². The Morgan fingerprint density at radius 1 is 0.724 bits per heavy atom. The Balaban J connectivity index is 1.81. The number of nitrogens with zero attached hydrogens (tertiary/aromatic N) is 6. The van der Waals surface area contributed by atoms with Crippen LogP contribution in [-0.2, 0) is 7.05 Å². The van der Waals surface area contributed by atoms with E-state index in [0.717, 1.165) is 33.6 Å². The molecule has 29 heavy (non-hydrogen) atoms. The molecule has 0 saturated carbocycles. The van der Waals surface area contributed by atoms with Gasteiger partial charge in [-0.1, -0.05) is 24.3 Å². The van der Waals surface area contributed by atoms with Gasteiger partial charge in [-0.3, -0.25) is 8.80 Å². The van der Waals surface area contributed by atoms with Crippen molar-refractivity contribution in [2.75, 3.05) is 0 Å². The first-order chi connectivity index (χ1) is 14.1. The van der Waals surface area contributed by atoms with Gasteiger partial charge in [0.05, 0.1) is 67.0 Å². The van der Waals surface area contributed by atoms with Gasteiger partial charge in [0.25, 0.3) is 0 Å². The largest absolute Gasteiger partial charge is 0.312 e. The fourth-order valence-corrected chi connectivity index (χ4v) is 5.77. The van der Waals surface area contributed by atoms with Gasteiger partial charge in [0.1, 0.15) is 0 Å². The Hall–Kier alpha value is -3.07. The van der Waals surface area contributed by atoms with E-state index in [1.54, 1.807) is 0 Å². The molecule has 0 bridgehead atoms. The van der Waals surface area contributed by atoms with E-state index in [4.69, 9.17) is 9.97 Å². The fraction of sp³-hybridized carbons (Fsp3) is 0.0909. The van der Waals surface area contributed by atoms with Crippen molar-refractivity contribution < 1.29 is 0 Å². The Bertz CT molecular complexity index is 1660. The third-order valence-electron chi connectivity index (χ3n) is 6.04. The summed E-state index contributed by atoms with van der Waals surface area (Å²) in [7, 11) is 2.10. The van der Waals surface area contributed by atoms with Crippen molar-refractivity contribution in [1.82, 2.24) is 26.1 Å². The molecule has 0 N–H and O–H groups in total. The number of fused-ring (bicyclic) bond motifs is 10. The van der Waals surface area contributed by atoms with Crippen LogP contribution in [0.2, 0.25) is 0 Å². The molecule has 0 aliphatic heterocycles. The number of aromatic nitrogens is 6. The van der Waals surface area contributed by atoms with Crippen LogP contribution < -0.4 is 0 Å². The summed E-state index contributed by atoms with van der Waals surface area (Å²) in [6.45, 7) is 2.20. The van der Waals surface area contributed by atoms with Crippen molar-refractivity contribution >= 4 is 78.6 Å². The number of hydrogen-bond donors (Lipinski definition) is 0. The summed E-state index contributed by atoms with van der Waals surface area (Å²) in [6, 6.07) is 18.9. The Kier molecular flexibility index (Phi) is 2.78. The molecule has 0 amide bonds. The second-order valence-corrected chi connectivity index (χ2v) is 8.51. The second-order valence-electron chi connectivity index (χ2n) is 7.55. The summed E-state index contributed by atoms with van der Waals surface area (Å²) in [6.07, 6.45) is 0. The van der Waals surface area contributed by atoms with E-state index in [1.165, 1.54) is 27.6 Å². The van der Waals surface area contributed by atoms with E-state index >= 15 is 0 Å². The quantitative estimate of drug-likeness (QED) is 0.273. The van der Waals surface area contributed by atoms with Gasteiger partial charge in [-0.2, -0.15) is 0 Å². The maximum absolute atomic E-state index is 4.89. The van der Waals surface area contributed by atoms with Crippen molar-refractivity contribution in [3.63, 3.8) is 0 Å². The number of halogens is 1. The highest BCUT2D eigenvalue weighted by atomic mass is 127. The van der Waals surface area contributed by atoms with Gasteiger partial charge < -0.3 is 4.57 Å². The van der Waals surface area contributed by atoms with Gasteiger partial charge in [0.15, 0.2) is 0 Å². The summed E-state index contributed by atoms with van der Waals surface area (Å²) < 4.78 is 8.92. The first-order valence-electron chi connectivity index (χ1n) is 9.48. The van der Waals surface area contributed by atoms with E-state index in [2.05, 4.69) is 95.4 Å². The van der Waals surface area contributed by atoms with Gasteiger partial charge in [-0.15, -0.1) is 0 Å². The third-order valence-corrected chi connectivity index (χ3v) is 6.96. The summed E-state index contributed by atoms with van der Waals surface area (Å²) in [4.78, 5) is 9.78. The molecule has 7 aromatic rings. The first kappa shape index (κ1) is 15.8. The Morgan fingerprint density at radius 2 is 1.28 bits per heavy atom. The molecule has 0 unspecified atom stereocenters. The SMILES string of the molecule is Cc1c2c(cc3c1n(I)c1nc4ccccc4n31)n1c3ccccc3nc1n2C. The minimum Gasteiger partial charge on any atom is -0.312 e. The lowest BCUT2D eigenvalue weighted by Gasteiger charge is -2.05. The Morgan fingerprint density at radius 3 is 1.97 bits per heavy atom. The highest BCUT2D eigenvalue weighted by Gasteiger charge is 2.22. The molecule has 0 spiro atoms. The average Bonchev–Trinajstić information content (AvgIpc) is 3.43. The molecular weight excluding hydrogens is 475 g/mol. The molecular formula is C22H15IN6. The molecule has 4 heterocycles. The van der Waals surface area contributed by atoms with Gasteiger partial charge in [0, 0.05) is 12.6 Å². The van der Waals surface area contributed by atoms with Crippen LogP contribution in [0.3, 0.4) is 0 Å². The number of aryl methyl sites for hydroxylation is 2. The minimum atomic E-state index is 0.951. The molecule has 6 nitrogen and oxygen atoms in total. The lowest BCUT2D eigenvalue weighted by molar-refractivity contribution is 0.970. The van der Waals surface area contributed by atoms with Crippen molar-refractivity contribution in [3.05, 3.63) is 60.2 Å². The zero-order valence-corrected chi connectivity index (χ0v) is 17.9. The fourth-order valence-electron chi connectivity index (χ4n) is 4.83.